The van der Waals surface area contributed by atoms with Crippen LogP contribution in [0, 0.1) is 6.92 Å². The molecule has 0 fully saturated rings. The Hall–Kier alpha value is -3.02. The Labute approximate surface area is 127 Å². The van der Waals surface area contributed by atoms with Gasteiger partial charge in [-0.1, -0.05) is 35.9 Å². The van der Waals surface area contributed by atoms with Crippen molar-refractivity contribution in [2.24, 2.45) is 0 Å². The zero-order chi connectivity index (χ0) is 15.4. The van der Waals surface area contributed by atoms with Gasteiger partial charge in [-0.3, -0.25) is 0 Å². The van der Waals surface area contributed by atoms with Gasteiger partial charge in [-0.25, -0.2) is 4.79 Å². The van der Waals surface area contributed by atoms with E-state index in [1.165, 1.54) is 0 Å². The van der Waals surface area contributed by atoms with Crippen molar-refractivity contribution in [3.63, 3.8) is 0 Å². The summed E-state index contributed by atoms with van der Waals surface area (Å²) in [5, 5.41) is 11.5. The van der Waals surface area contributed by atoms with Gasteiger partial charge < -0.3 is 4.74 Å². The molecule has 2 aromatic carbocycles. The quantitative estimate of drug-likeness (QED) is 0.691. The molecule has 0 saturated carbocycles. The first-order valence-corrected chi connectivity index (χ1v) is 6.80. The van der Waals surface area contributed by atoms with E-state index in [0.717, 1.165) is 11.3 Å². The monoisotopic (exact) mass is 294 g/mol. The molecule has 1 aromatic heterocycles. The van der Waals surface area contributed by atoms with E-state index >= 15 is 0 Å². The van der Waals surface area contributed by atoms with E-state index in [1.807, 2.05) is 49.4 Å². The molecule has 3 rings (SSSR count). The highest BCUT2D eigenvalue weighted by atomic mass is 16.5. The molecule has 0 N–H and O–H groups in total. The van der Waals surface area contributed by atoms with Crippen LogP contribution in [-0.4, -0.2) is 26.2 Å². The van der Waals surface area contributed by atoms with Crippen LogP contribution >= 0.6 is 0 Å². The van der Waals surface area contributed by atoms with Crippen molar-refractivity contribution in [3.05, 3.63) is 71.5 Å². The van der Waals surface area contributed by atoms with E-state index in [0.29, 0.717) is 11.4 Å². The molecule has 0 bridgehead atoms. The van der Waals surface area contributed by atoms with Crippen molar-refractivity contribution >= 4 is 5.97 Å². The van der Waals surface area contributed by atoms with Crippen molar-refractivity contribution in [2.75, 3.05) is 0 Å². The van der Waals surface area contributed by atoms with Crippen LogP contribution in [0.15, 0.2) is 54.6 Å². The Kier molecular flexibility index (Phi) is 3.91. The number of rotatable bonds is 4. The third-order valence-corrected chi connectivity index (χ3v) is 3.12. The van der Waals surface area contributed by atoms with E-state index in [2.05, 4.69) is 15.5 Å². The summed E-state index contributed by atoms with van der Waals surface area (Å²) in [5.41, 5.74) is 2.33. The minimum absolute atomic E-state index is 0.00860. The molecule has 0 saturated heterocycles. The van der Waals surface area contributed by atoms with Crippen LogP contribution in [0.25, 0.3) is 5.69 Å². The minimum Gasteiger partial charge on any atom is -0.454 e. The number of hydrogen-bond acceptors (Lipinski definition) is 5. The highest BCUT2D eigenvalue weighted by Crippen LogP contribution is 2.10. The topological polar surface area (TPSA) is 69.9 Å². The van der Waals surface area contributed by atoms with E-state index in [1.54, 1.807) is 16.8 Å². The largest absolute Gasteiger partial charge is 0.454 e. The number of ether oxygens (including phenoxy) is 1. The first-order valence-electron chi connectivity index (χ1n) is 6.80. The molecular formula is C16H14N4O2. The number of hydrogen-bond donors (Lipinski definition) is 0. The van der Waals surface area contributed by atoms with Crippen LogP contribution in [0.1, 0.15) is 21.7 Å². The number of benzene rings is 2. The van der Waals surface area contributed by atoms with Gasteiger partial charge in [-0.05, 0) is 41.6 Å². The first kappa shape index (κ1) is 13.9. The molecule has 3 aromatic rings. The summed E-state index contributed by atoms with van der Waals surface area (Å²) in [6.07, 6.45) is 0. The van der Waals surface area contributed by atoms with Crippen LogP contribution < -0.4 is 0 Å². The van der Waals surface area contributed by atoms with Gasteiger partial charge in [0.1, 0.15) is 0 Å². The van der Waals surface area contributed by atoms with Gasteiger partial charge in [0.2, 0.25) is 0 Å². The maximum atomic E-state index is 12.0. The lowest BCUT2D eigenvalue weighted by Gasteiger charge is -2.06. The lowest BCUT2D eigenvalue weighted by Crippen LogP contribution is -2.10. The maximum absolute atomic E-state index is 12.0. The average Bonchev–Trinajstić information content (AvgIpc) is 3.02. The normalized spacial score (nSPS) is 10.4. The lowest BCUT2D eigenvalue weighted by atomic mass is 10.1. The number of tetrazole rings is 1. The van der Waals surface area contributed by atoms with Gasteiger partial charge in [0.25, 0.3) is 0 Å². The van der Waals surface area contributed by atoms with Crippen molar-refractivity contribution in [1.82, 2.24) is 20.2 Å². The number of nitrogens with zero attached hydrogens (tertiary/aromatic N) is 4. The zero-order valence-corrected chi connectivity index (χ0v) is 12.0. The summed E-state index contributed by atoms with van der Waals surface area (Å²) >= 11 is 0. The Morgan fingerprint density at radius 3 is 2.73 bits per heavy atom. The fourth-order valence-corrected chi connectivity index (χ4v) is 2.05. The third-order valence-electron chi connectivity index (χ3n) is 3.12. The minimum atomic E-state index is -0.397. The molecule has 6 nitrogen and oxygen atoms in total. The van der Waals surface area contributed by atoms with Crippen LogP contribution in [0.3, 0.4) is 0 Å². The number of esters is 1. The second-order valence-corrected chi connectivity index (χ2v) is 4.79. The van der Waals surface area contributed by atoms with Gasteiger partial charge >= 0.3 is 5.97 Å². The predicted molar refractivity (Wildman–Crippen MR) is 79.5 cm³/mol. The standard InChI is InChI=1S/C16H14N4O2/c1-12-6-5-7-13(10-12)16(21)22-11-15-17-18-19-20(15)14-8-3-2-4-9-14/h2-10H,11H2,1H3. The van der Waals surface area contributed by atoms with Gasteiger partial charge in [0.15, 0.2) is 12.4 Å². The zero-order valence-electron chi connectivity index (χ0n) is 12.0. The number of aryl methyl sites for hydroxylation is 1. The van der Waals surface area contributed by atoms with Crippen LogP contribution in [-0.2, 0) is 11.3 Å². The Bertz CT molecular complexity index is 784. The molecule has 0 atom stereocenters. The smallest absolute Gasteiger partial charge is 0.338 e. The van der Waals surface area contributed by atoms with Crippen molar-refractivity contribution in [2.45, 2.75) is 13.5 Å². The Morgan fingerprint density at radius 2 is 1.95 bits per heavy atom. The number of aromatic nitrogens is 4. The maximum Gasteiger partial charge on any atom is 0.338 e. The number of carbonyl (C=O) groups is 1. The van der Waals surface area contributed by atoms with Gasteiger partial charge in [0.05, 0.1) is 11.3 Å². The van der Waals surface area contributed by atoms with Gasteiger partial charge in [-0.15, -0.1) is 5.10 Å². The second kappa shape index (κ2) is 6.17. The number of para-hydroxylation sites is 1. The summed E-state index contributed by atoms with van der Waals surface area (Å²) < 4.78 is 6.83. The third kappa shape index (κ3) is 3.01. The van der Waals surface area contributed by atoms with Gasteiger partial charge in [-0.2, -0.15) is 4.68 Å². The van der Waals surface area contributed by atoms with Crippen LogP contribution in [0.4, 0.5) is 0 Å². The highest BCUT2D eigenvalue weighted by Gasteiger charge is 2.12. The average molecular weight is 294 g/mol. The summed E-state index contributed by atoms with van der Waals surface area (Å²) in [6.45, 7) is 1.93. The molecule has 0 aliphatic heterocycles. The lowest BCUT2D eigenvalue weighted by molar-refractivity contribution is 0.0459. The van der Waals surface area contributed by atoms with Crippen LogP contribution in [0.5, 0.6) is 0 Å². The first-order chi connectivity index (χ1) is 10.7. The number of carbonyl (C=O) groups excluding carboxylic acids is 1. The molecule has 0 unspecified atom stereocenters. The fourth-order valence-electron chi connectivity index (χ4n) is 2.05. The molecule has 0 aliphatic carbocycles. The molecule has 0 amide bonds. The molecule has 22 heavy (non-hydrogen) atoms. The Balaban J connectivity index is 1.73. The molecule has 110 valence electrons. The highest BCUT2D eigenvalue weighted by molar-refractivity contribution is 5.89. The van der Waals surface area contributed by atoms with E-state index in [-0.39, 0.29) is 6.61 Å². The molecule has 0 radical (unpaired) electrons. The predicted octanol–water partition coefficient (Wildman–Crippen LogP) is 2.33. The van der Waals surface area contributed by atoms with E-state index < -0.39 is 5.97 Å². The van der Waals surface area contributed by atoms with E-state index in [9.17, 15) is 4.79 Å². The van der Waals surface area contributed by atoms with Crippen molar-refractivity contribution < 1.29 is 9.53 Å². The fraction of sp³-hybridized carbons (Fsp3) is 0.125. The summed E-state index contributed by atoms with van der Waals surface area (Å²) in [4.78, 5) is 12.0. The van der Waals surface area contributed by atoms with Crippen LogP contribution in [0.2, 0.25) is 0 Å². The summed E-state index contributed by atoms with van der Waals surface area (Å²) in [6, 6.07) is 16.7. The molecule has 6 heteroatoms. The Morgan fingerprint density at radius 1 is 1.14 bits per heavy atom. The molecule has 0 aliphatic rings. The van der Waals surface area contributed by atoms with Crippen molar-refractivity contribution in [3.8, 4) is 5.69 Å². The van der Waals surface area contributed by atoms with Gasteiger partial charge in [0, 0.05) is 0 Å². The van der Waals surface area contributed by atoms with E-state index in [4.69, 9.17) is 4.74 Å². The molecular weight excluding hydrogens is 280 g/mol. The summed E-state index contributed by atoms with van der Waals surface area (Å²) in [5.74, 6) is 0.0681. The molecule has 1 heterocycles. The SMILES string of the molecule is Cc1cccc(C(=O)OCc2nnnn2-c2ccccc2)c1. The summed E-state index contributed by atoms with van der Waals surface area (Å²) in [7, 11) is 0. The second-order valence-electron chi connectivity index (χ2n) is 4.79. The molecule has 0 spiro atoms. The van der Waals surface area contributed by atoms with Crippen molar-refractivity contribution in [1.29, 1.82) is 0 Å².